The highest BCUT2D eigenvalue weighted by Gasteiger charge is 2.07. The molecule has 0 radical (unpaired) electrons. The molecule has 1 rings (SSSR count). The normalized spacial score (nSPS) is 10.5. The van der Waals surface area contributed by atoms with E-state index in [0.29, 0.717) is 24.5 Å². The van der Waals surface area contributed by atoms with Crippen molar-refractivity contribution in [2.75, 3.05) is 13.2 Å². The van der Waals surface area contributed by atoms with Gasteiger partial charge >= 0.3 is 11.9 Å². The Morgan fingerprint density at radius 1 is 1.29 bits per heavy atom. The molecule has 1 aromatic rings. The van der Waals surface area contributed by atoms with E-state index >= 15 is 0 Å². The lowest BCUT2D eigenvalue weighted by Crippen LogP contribution is -2.04. The van der Waals surface area contributed by atoms with Crippen LogP contribution in [0, 0.1) is 0 Å². The Bertz CT molecular complexity index is 420. The molecule has 0 atom stereocenters. The molecular weight excluding hydrogens is 222 g/mol. The lowest BCUT2D eigenvalue weighted by molar-refractivity contribution is -0.137. The largest absolute Gasteiger partial charge is 0.463 e. The van der Waals surface area contributed by atoms with Crippen molar-refractivity contribution in [3.05, 3.63) is 29.6 Å². The van der Waals surface area contributed by atoms with E-state index in [2.05, 4.69) is 4.98 Å². The molecule has 0 unspecified atom stereocenters. The Hall–Kier alpha value is -2.04. The highest BCUT2D eigenvalue weighted by molar-refractivity contribution is 5.90. The van der Waals surface area contributed by atoms with Crippen molar-refractivity contribution in [3.8, 4) is 0 Å². The summed E-state index contributed by atoms with van der Waals surface area (Å²) in [4.78, 5) is 25.1. The number of hydrogen-bond donors (Lipinski definition) is 1. The van der Waals surface area contributed by atoms with Crippen LogP contribution in [0.3, 0.4) is 0 Å². The summed E-state index contributed by atoms with van der Waals surface area (Å²) in [6, 6.07) is 1.60. The summed E-state index contributed by atoms with van der Waals surface area (Å²) in [5.74, 6) is -0.824. The summed E-state index contributed by atoms with van der Waals surface area (Å²) in [5.41, 5.74) is 1.07. The monoisotopic (exact) mass is 237 g/mol. The second-order valence-electron chi connectivity index (χ2n) is 3.15. The number of hydrogen-bond acceptors (Lipinski definition) is 4. The van der Waals surface area contributed by atoms with Crippen molar-refractivity contribution in [3.63, 3.8) is 0 Å². The third kappa shape index (κ3) is 4.14. The van der Waals surface area contributed by atoms with Crippen LogP contribution in [0.1, 0.15) is 29.9 Å². The maximum atomic E-state index is 11.3. The quantitative estimate of drug-likeness (QED) is 0.626. The van der Waals surface area contributed by atoms with E-state index in [1.54, 1.807) is 32.2 Å². The number of nitrogens with one attached hydrogen (secondary N) is 1. The van der Waals surface area contributed by atoms with Crippen LogP contribution in [0.4, 0.5) is 0 Å². The van der Waals surface area contributed by atoms with Crippen molar-refractivity contribution in [1.29, 1.82) is 0 Å². The molecule has 0 spiro atoms. The molecule has 0 aromatic carbocycles. The predicted molar refractivity (Wildman–Crippen MR) is 62.4 cm³/mol. The maximum Gasteiger partial charge on any atom is 0.354 e. The first-order valence-corrected chi connectivity index (χ1v) is 5.37. The average Bonchev–Trinajstić information content (AvgIpc) is 2.76. The Morgan fingerprint density at radius 2 is 2.00 bits per heavy atom. The average molecular weight is 237 g/mol. The smallest absolute Gasteiger partial charge is 0.354 e. The third-order valence-corrected chi connectivity index (χ3v) is 1.90. The van der Waals surface area contributed by atoms with Crippen LogP contribution in [0.2, 0.25) is 0 Å². The first-order valence-electron chi connectivity index (χ1n) is 5.37. The van der Waals surface area contributed by atoms with Crippen molar-refractivity contribution < 1.29 is 19.1 Å². The molecule has 1 aromatic heterocycles. The van der Waals surface area contributed by atoms with Crippen LogP contribution in [-0.2, 0) is 14.3 Å². The summed E-state index contributed by atoms with van der Waals surface area (Å²) >= 11 is 0. The van der Waals surface area contributed by atoms with Crippen LogP contribution in [0.15, 0.2) is 18.3 Å². The molecule has 1 heterocycles. The molecule has 5 nitrogen and oxygen atoms in total. The van der Waals surface area contributed by atoms with Crippen LogP contribution >= 0.6 is 0 Å². The number of aromatic nitrogens is 1. The van der Waals surface area contributed by atoms with Crippen molar-refractivity contribution in [1.82, 2.24) is 4.98 Å². The first-order chi connectivity index (χ1) is 8.17. The van der Waals surface area contributed by atoms with Crippen LogP contribution in [-0.4, -0.2) is 30.1 Å². The second-order valence-corrected chi connectivity index (χ2v) is 3.15. The van der Waals surface area contributed by atoms with Gasteiger partial charge in [-0.1, -0.05) is 0 Å². The summed E-state index contributed by atoms with van der Waals surface area (Å²) in [6.45, 7) is 4.14. The van der Waals surface area contributed by atoms with Gasteiger partial charge in [0.15, 0.2) is 0 Å². The predicted octanol–water partition coefficient (Wildman–Crippen LogP) is 1.77. The fraction of sp³-hybridized carbons (Fsp3) is 0.333. The Morgan fingerprint density at radius 3 is 2.65 bits per heavy atom. The van der Waals surface area contributed by atoms with Gasteiger partial charge in [-0.15, -0.1) is 0 Å². The molecule has 0 aliphatic rings. The van der Waals surface area contributed by atoms with Gasteiger partial charge in [0.2, 0.25) is 0 Å². The van der Waals surface area contributed by atoms with Crippen LogP contribution < -0.4 is 0 Å². The molecule has 1 N–H and O–H groups in total. The Kier molecular flexibility index (Phi) is 5.00. The highest BCUT2D eigenvalue weighted by atomic mass is 16.5. The molecule has 0 amide bonds. The van der Waals surface area contributed by atoms with Gasteiger partial charge in [0.05, 0.1) is 13.2 Å². The maximum absolute atomic E-state index is 11.3. The number of aromatic amines is 1. The molecule has 0 fully saturated rings. The minimum Gasteiger partial charge on any atom is -0.463 e. The van der Waals surface area contributed by atoms with Gasteiger partial charge in [-0.25, -0.2) is 9.59 Å². The van der Waals surface area contributed by atoms with E-state index in [9.17, 15) is 9.59 Å². The van der Waals surface area contributed by atoms with E-state index in [0.717, 1.165) is 0 Å². The molecule has 0 aliphatic carbocycles. The van der Waals surface area contributed by atoms with Crippen molar-refractivity contribution in [2.45, 2.75) is 13.8 Å². The molecule has 0 saturated carbocycles. The van der Waals surface area contributed by atoms with Crippen molar-refractivity contribution >= 4 is 18.0 Å². The van der Waals surface area contributed by atoms with Crippen LogP contribution in [0.5, 0.6) is 0 Å². The van der Waals surface area contributed by atoms with E-state index in [-0.39, 0.29) is 0 Å². The fourth-order valence-electron chi connectivity index (χ4n) is 1.19. The zero-order valence-corrected chi connectivity index (χ0v) is 9.86. The fourth-order valence-corrected chi connectivity index (χ4v) is 1.19. The Labute approximate surface area is 99.4 Å². The third-order valence-electron chi connectivity index (χ3n) is 1.90. The number of esters is 2. The first kappa shape index (κ1) is 13.0. The molecule has 92 valence electrons. The number of H-pyrrole nitrogens is 1. The molecular formula is C12H15NO4. The van der Waals surface area contributed by atoms with Gasteiger partial charge in [-0.05, 0) is 31.6 Å². The zero-order valence-electron chi connectivity index (χ0n) is 9.86. The van der Waals surface area contributed by atoms with Crippen LogP contribution in [0.25, 0.3) is 6.08 Å². The van der Waals surface area contributed by atoms with E-state index < -0.39 is 11.9 Å². The number of carbonyl (C=O) groups excluding carboxylic acids is 2. The number of carbonyl (C=O) groups is 2. The van der Waals surface area contributed by atoms with Gasteiger partial charge in [0, 0.05) is 12.3 Å². The topological polar surface area (TPSA) is 68.4 Å². The van der Waals surface area contributed by atoms with E-state index in [4.69, 9.17) is 9.47 Å². The zero-order chi connectivity index (χ0) is 12.7. The van der Waals surface area contributed by atoms with Crippen molar-refractivity contribution in [2.24, 2.45) is 0 Å². The molecule has 0 saturated heterocycles. The standard InChI is InChI=1S/C12H15NO4/c1-3-16-11(14)6-5-9-7-10(13-8-9)12(15)17-4-2/h5-8,13H,3-4H2,1-2H3/b6-5+. The van der Waals surface area contributed by atoms with Gasteiger partial charge < -0.3 is 14.5 Å². The summed E-state index contributed by atoms with van der Waals surface area (Å²) in [5, 5.41) is 0. The molecule has 17 heavy (non-hydrogen) atoms. The lowest BCUT2D eigenvalue weighted by atomic mass is 10.3. The minimum atomic E-state index is -0.414. The highest BCUT2D eigenvalue weighted by Crippen LogP contribution is 2.07. The SMILES string of the molecule is CCOC(=O)/C=C/c1c[nH]c(C(=O)OCC)c1. The molecule has 0 bridgehead atoms. The minimum absolute atomic E-state index is 0.325. The van der Waals surface area contributed by atoms with E-state index in [1.807, 2.05) is 0 Å². The second kappa shape index (κ2) is 6.52. The van der Waals surface area contributed by atoms with Gasteiger partial charge in [0.1, 0.15) is 5.69 Å². The summed E-state index contributed by atoms with van der Waals surface area (Å²) in [6.07, 6.45) is 4.49. The van der Waals surface area contributed by atoms with Gasteiger partial charge in [-0.2, -0.15) is 0 Å². The number of rotatable bonds is 5. The van der Waals surface area contributed by atoms with Gasteiger partial charge in [-0.3, -0.25) is 0 Å². The lowest BCUT2D eigenvalue weighted by Gasteiger charge is -1.96. The van der Waals surface area contributed by atoms with Gasteiger partial charge in [0.25, 0.3) is 0 Å². The molecule has 5 heteroatoms. The number of ether oxygens (including phenoxy) is 2. The summed E-state index contributed by atoms with van der Waals surface area (Å²) < 4.78 is 9.55. The summed E-state index contributed by atoms with van der Waals surface area (Å²) in [7, 11) is 0. The molecule has 0 aliphatic heterocycles. The van der Waals surface area contributed by atoms with E-state index in [1.165, 1.54) is 6.08 Å². The Balaban J connectivity index is 2.62.